The number of thiazole rings is 1. The molecule has 0 aliphatic heterocycles. The molecule has 6 nitrogen and oxygen atoms in total. The molecule has 0 aliphatic carbocycles. The van der Waals surface area contributed by atoms with Crippen molar-refractivity contribution in [1.29, 1.82) is 0 Å². The second kappa shape index (κ2) is 8.94. The fourth-order valence-electron chi connectivity index (χ4n) is 4.29. The van der Waals surface area contributed by atoms with Gasteiger partial charge < -0.3 is 9.47 Å². The highest BCUT2D eigenvalue weighted by Crippen LogP contribution is 2.30. The number of hydrogen-bond donors (Lipinski definition) is 0. The lowest BCUT2D eigenvalue weighted by Crippen LogP contribution is -2.22. The molecule has 2 aromatic heterocycles. The smallest absolute Gasteiger partial charge is 0.344 e. The maximum Gasteiger partial charge on any atom is 0.344 e. The number of hydrogen-bond acceptors (Lipinski definition) is 6. The topological polar surface area (TPSA) is 69.9 Å². The number of ether oxygens (including phenoxy) is 2. The molecule has 0 fully saturated rings. The van der Waals surface area contributed by atoms with Gasteiger partial charge in [-0.15, -0.1) is 0 Å². The second-order valence-corrected chi connectivity index (χ2v) is 9.20. The number of rotatable bonds is 5. The fraction of sp³-hybridized carbons (Fsp3) is 0.0690. The first-order valence-electron chi connectivity index (χ1n) is 11.5. The predicted octanol–water partition coefficient (Wildman–Crippen LogP) is 5.23. The average Bonchev–Trinajstić information content (AvgIpc) is 3.41. The maximum absolute atomic E-state index is 13.1. The van der Waals surface area contributed by atoms with E-state index in [-0.39, 0.29) is 5.56 Å². The molecule has 0 radical (unpaired) electrons. The molecular formula is C29H20N2O4S. The molecule has 0 spiro atoms. The van der Waals surface area contributed by atoms with Crippen LogP contribution in [0.15, 0.2) is 89.7 Å². The van der Waals surface area contributed by atoms with Crippen LogP contribution < -0.4 is 19.6 Å². The molecule has 6 aromatic rings. The van der Waals surface area contributed by atoms with Crippen molar-refractivity contribution in [2.75, 3.05) is 6.61 Å². The molecule has 36 heavy (non-hydrogen) atoms. The lowest BCUT2D eigenvalue weighted by Gasteiger charge is -2.12. The summed E-state index contributed by atoms with van der Waals surface area (Å²) in [5, 5.41) is 1.79. The van der Waals surface area contributed by atoms with E-state index in [9.17, 15) is 9.59 Å². The Morgan fingerprint density at radius 1 is 0.972 bits per heavy atom. The van der Waals surface area contributed by atoms with Crippen LogP contribution in [-0.4, -0.2) is 22.0 Å². The minimum atomic E-state index is -0.460. The summed E-state index contributed by atoms with van der Waals surface area (Å²) in [5.74, 6) is 0.290. The van der Waals surface area contributed by atoms with Crippen LogP contribution in [0, 0.1) is 0 Å². The average molecular weight is 493 g/mol. The van der Waals surface area contributed by atoms with E-state index < -0.39 is 5.97 Å². The molecule has 0 amide bonds. The molecular weight excluding hydrogens is 472 g/mol. The van der Waals surface area contributed by atoms with Gasteiger partial charge in [0.25, 0.3) is 5.56 Å². The van der Waals surface area contributed by atoms with Crippen LogP contribution in [0.1, 0.15) is 22.8 Å². The van der Waals surface area contributed by atoms with Crippen LogP contribution in [0.3, 0.4) is 0 Å². The Labute approximate surface area is 209 Å². The quantitative estimate of drug-likeness (QED) is 0.244. The predicted molar refractivity (Wildman–Crippen MR) is 142 cm³/mol. The Kier molecular flexibility index (Phi) is 5.47. The van der Waals surface area contributed by atoms with Gasteiger partial charge in [0.15, 0.2) is 16.5 Å². The molecule has 0 bridgehead atoms. The van der Waals surface area contributed by atoms with Gasteiger partial charge in [0.2, 0.25) is 0 Å². The zero-order chi connectivity index (χ0) is 24.6. The number of aromatic nitrogens is 2. The van der Waals surface area contributed by atoms with Crippen LogP contribution >= 0.6 is 11.3 Å². The Balaban J connectivity index is 1.37. The summed E-state index contributed by atoms with van der Waals surface area (Å²) in [4.78, 5) is 31.4. The molecule has 7 heteroatoms. The van der Waals surface area contributed by atoms with Crippen LogP contribution in [0.5, 0.6) is 11.5 Å². The van der Waals surface area contributed by atoms with Crippen molar-refractivity contribution in [2.24, 2.45) is 0 Å². The zero-order valence-electron chi connectivity index (χ0n) is 19.3. The van der Waals surface area contributed by atoms with Crippen molar-refractivity contribution in [2.45, 2.75) is 6.92 Å². The summed E-state index contributed by atoms with van der Waals surface area (Å²) < 4.78 is 13.7. The second-order valence-electron chi connectivity index (χ2n) is 8.19. The maximum atomic E-state index is 13.1. The number of benzene rings is 4. The molecule has 4 aromatic carbocycles. The van der Waals surface area contributed by atoms with Crippen molar-refractivity contribution in [3.05, 3.63) is 111 Å². The lowest BCUT2D eigenvalue weighted by atomic mass is 10.0. The first kappa shape index (κ1) is 22.0. The van der Waals surface area contributed by atoms with Gasteiger partial charge in [-0.3, -0.25) is 4.79 Å². The van der Waals surface area contributed by atoms with Gasteiger partial charge in [0.1, 0.15) is 0 Å². The standard InChI is InChI=1S/C29H20N2O4S/c1-2-34-25-16-18(17-26-27(32)31-23-13-6-5-12-22(23)30-29(31)36-26)14-15-24(25)35-28(33)21-11-7-9-19-8-3-4-10-20(19)21/h3-17H,2H2,1H3. The third-order valence-electron chi connectivity index (χ3n) is 5.92. The van der Waals surface area contributed by atoms with Gasteiger partial charge in [0, 0.05) is 0 Å². The summed E-state index contributed by atoms with van der Waals surface area (Å²) in [6, 6.07) is 26.1. The summed E-state index contributed by atoms with van der Waals surface area (Å²) in [6.07, 6.45) is 1.80. The first-order valence-corrected chi connectivity index (χ1v) is 12.3. The zero-order valence-corrected chi connectivity index (χ0v) is 20.1. The Morgan fingerprint density at radius 3 is 2.67 bits per heavy atom. The number of fused-ring (bicyclic) bond motifs is 4. The van der Waals surface area contributed by atoms with E-state index in [1.807, 2.05) is 67.6 Å². The van der Waals surface area contributed by atoms with Crippen molar-refractivity contribution >= 4 is 50.1 Å². The largest absolute Gasteiger partial charge is 0.490 e. The SMILES string of the molecule is CCOc1cc(C=c2sc3nc4ccccc4n3c2=O)ccc1OC(=O)c1cccc2ccccc12. The number of imidazole rings is 1. The molecule has 0 aliphatic rings. The number of carbonyl (C=O) groups is 1. The summed E-state index contributed by atoms with van der Waals surface area (Å²) in [6.45, 7) is 2.26. The van der Waals surface area contributed by atoms with Crippen LogP contribution in [-0.2, 0) is 0 Å². The molecule has 6 rings (SSSR count). The molecule has 2 heterocycles. The Morgan fingerprint density at radius 2 is 1.78 bits per heavy atom. The monoisotopic (exact) mass is 492 g/mol. The van der Waals surface area contributed by atoms with E-state index in [0.717, 1.165) is 27.4 Å². The molecule has 0 saturated carbocycles. The number of para-hydroxylation sites is 2. The summed E-state index contributed by atoms with van der Waals surface area (Å²) in [7, 11) is 0. The van der Waals surface area contributed by atoms with E-state index in [2.05, 4.69) is 4.98 Å². The van der Waals surface area contributed by atoms with Crippen molar-refractivity contribution in [3.63, 3.8) is 0 Å². The normalized spacial score (nSPS) is 12.0. The third-order valence-corrected chi connectivity index (χ3v) is 6.89. The number of esters is 1. The Hall–Kier alpha value is -4.49. The van der Waals surface area contributed by atoms with Crippen LogP contribution in [0.2, 0.25) is 0 Å². The highest BCUT2D eigenvalue weighted by molar-refractivity contribution is 7.15. The number of carbonyl (C=O) groups excluding carboxylic acids is 1. The van der Waals surface area contributed by atoms with E-state index >= 15 is 0 Å². The molecule has 0 N–H and O–H groups in total. The lowest BCUT2D eigenvalue weighted by molar-refractivity contribution is 0.0730. The van der Waals surface area contributed by atoms with Gasteiger partial charge >= 0.3 is 5.97 Å². The number of nitrogens with zero attached hydrogens (tertiary/aromatic N) is 2. The summed E-state index contributed by atoms with van der Waals surface area (Å²) >= 11 is 1.33. The first-order chi connectivity index (χ1) is 17.6. The Bertz CT molecular complexity index is 1880. The minimum absolute atomic E-state index is 0.117. The van der Waals surface area contributed by atoms with E-state index in [1.54, 1.807) is 34.7 Å². The van der Waals surface area contributed by atoms with Gasteiger partial charge in [-0.25, -0.2) is 14.2 Å². The van der Waals surface area contributed by atoms with Crippen LogP contribution in [0.25, 0.3) is 32.8 Å². The fourth-order valence-corrected chi connectivity index (χ4v) is 5.28. The highest BCUT2D eigenvalue weighted by Gasteiger charge is 2.16. The van der Waals surface area contributed by atoms with Gasteiger partial charge in [0.05, 0.1) is 27.7 Å². The van der Waals surface area contributed by atoms with Gasteiger partial charge in [-0.05, 0) is 59.7 Å². The summed E-state index contributed by atoms with van der Waals surface area (Å²) in [5.41, 5.74) is 2.71. The van der Waals surface area contributed by atoms with E-state index in [0.29, 0.717) is 33.2 Å². The van der Waals surface area contributed by atoms with Gasteiger partial charge in [-0.2, -0.15) is 0 Å². The highest BCUT2D eigenvalue weighted by atomic mass is 32.1. The molecule has 0 saturated heterocycles. The molecule has 176 valence electrons. The van der Waals surface area contributed by atoms with Crippen molar-refractivity contribution in [3.8, 4) is 11.5 Å². The molecule has 0 unspecified atom stereocenters. The van der Waals surface area contributed by atoms with Crippen LogP contribution in [0.4, 0.5) is 0 Å². The van der Waals surface area contributed by atoms with Gasteiger partial charge in [-0.1, -0.05) is 65.9 Å². The molecule has 0 atom stereocenters. The van der Waals surface area contributed by atoms with E-state index in [1.165, 1.54) is 11.3 Å². The van der Waals surface area contributed by atoms with Crippen molar-refractivity contribution in [1.82, 2.24) is 9.38 Å². The van der Waals surface area contributed by atoms with E-state index in [4.69, 9.17) is 9.47 Å². The minimum Gasteiger partial charge on any atom is -0.490 e. The third kappa shape index (κ3) is 3.79. The van der Waals surface area contributed by atoms with Crippen molar-refractivity contribution < 1.29 is 14.3 Å².